The highest BCUT2D eigenvalue weighted by atomic mass is 16.4. The number of nitrogens with zero attached hydrogens (tertiary/aromatic N) is 1. The molecule has 0 heterocycles. The quantitative estimate of drug-likeness (QED) is 0.888. The van der Waals surface area contributed by atoms with Crippen LogP contribution in [0.5, 0.6) is 0 Å². The third-order valence-electron chi connectivity index (χ3n) is 2.82. The van der Waals surface area contributed by atoms with E-state index in [1.807, 2.05) is 45.9 Å². The second-order valence-electron chi connectivity index (χ2n) is 5.29. The summed E-state index contributed by atoms with van der Waals surface area (Å²) in [6, 6.07) is 5.64. The van der Waals surface area contributed by atoms with Crippen molar-refractivity contribution in [3.63, 3.8) is 0 Å². The lowest BCUT2D eigenvalue weighted by Gasteiger charge is -2.23. The van der Waals surface area contributed by atoms with E-state index < -0.39 is 5.97 Å². The minimum atomic E-state index is -0.987. The molecule has 1 rings (SSSR count). The smallest absolute Gasteiger partial charge is 0.323 e. The van der Waals surface area contributed by atoms with Crippen molar-refractivity contribution in [1.82, 2.24) is 4.90 Å². The van der Waals surface area contributed by atoms with E-state index in [1.54, 1.807) is 0 Å². The fraction of sp³-hybridized carbons (Fsp3) is 0.467. The monoisotopic (exact) mass is 263 g/mol. The van der Waals surface area contributed by atoms with Gasteiger partial charge in [-0.1, -0.05) is 31.5 Å². The van der Waals surface area contributed by atoms with E-state index in [4.69, 9.17) is 5.11 Å². The number of rotatable bonds is 5. The van der Waals surface area contributed by atoms with Gasteiger partial charge in [-0.15, -0.1) is 0 Å². The summed E-state index contributed by atoms with van der Waals surface area (Å²) in [5.41, 5.74) is 2.45. The van der Waals surface area contributed by atoms with Gasteiger partial charge in [0.1, 0.15) is 6.54 Å². The summed E-state index contributed by atoms with van der Waals surface area (Å²) >= 11 is 0. The number of carboxylic acids is 1. The maximum atomic E-state index is 12.5. The molecule has 1 amide bonds. The van der Waals surface area contributed by atoms with Gasteiger partial charge < -0.3 is 10.0 Å². The maximum Gasteiger partial charge on any atom is 0.323 e. The summed E-state index contributed by atoms with van der Waals surface area (Å²) in [5, 5.41) is 8.92. The zero-order valence-corrected chi connectivity index (χ0v) is 11.9. The summed E-state index contributed by atoms with van der Waals surface area (Å²) < 4.78 is 0. The number of hydrogen-bond donors (Lipinski definition) is 1. The Bertz CT molecular complexity index is 480. The van der Waals surface area contributed by atoms with Crippen LogP contribution < -0.4 is 0 Å². The van der Waals surface area contributed by atoms with Crippen LogP contribution in [-0.2, 0) is 4.79 Å². The van der Waals surface area contributed by atoms with E-state index in [0.29, 0.717) is 12.1 Å². The van der Waals surface area contributed by atoms with Gasteiger partial charge in [-0.3, -0.25) is 9.59 Å². The van der Waals surface area contributed by atoms with Gasteiger partial charge in [0, 0.05) is 12.1 Å². The van der Waals surface area contributed by atoms with Crippen LogP contribution >= 0.6 is 0 Å². The molecule has 0 atom stereocenters. The summed E-state index contributed by atoms with van der Waals surface area (Å²) in [6.07, 6.45) is 0. The average Bonchev–Trinajstić information content (AvgIpc) is 2.29. The molecule has 19 heavy (non-hydrogen) atoms. The zero-order chi connectivity index (χ0) is 14.6. The maximum absolute atomic E-state index is 12.5. The zero-order valence-electron chi connectivity index (χ0n) is 11.9. The fourth-order valence-corrected chi connectivity index (χ4v) is 1.96. The van der Waals surface area contributed by atoms with Crippen molar-refractivity contribution >= 4 is 11.9 Å². The average molecular weight is 263 g/mol. The van der Waals surface area contributed by atoms with E-state index >= 15 is 0 Å². The highest BCUT2D eigenvalue weighted by molar-refractivity contribution is 5.97. The number of hydrogen-bond acceptors (Lipinski definition) is 2. The lowest BCUT2D eigenvalue weighted by Crippen LogP contribution is -2.38. The highest BCUT2D eigenvalue weighted by Crippen LogP contribution is 2.14. The van der Waals surface area contributed by atoms with E-state index in [1.165, 1.54) is 4.90 Å². The Kier molecular flexibility index (Phi) is 5.10. The number of aryl methyl sites for hydroxylation is 2. The Labute approximate surface area is 114 Å². The van der Waals surface area contributed by atoms with E-state index in [9.17, 15) is 9.59 Å². The van der Waals surface area contributed by atoms with E-state index in [-0.39, 0.29) is 18.4 Å². The molecular weight excluding hydrogens is 242 g/mol. The molecule has 1 N–H and O–H groups in total. The molecule has 0 aromatic heterocycles. The molecule has 0 spiro atoms. The third-order valence-corrected chi connectivity index (χ3v) is 2.82. The number of carbonyl (C=O) groups is 2. The molecule has 0 saturated heterocycles. The minimum Gasteiger partial charge on any atom is -0.480 e. The predicted molar refractivity (Wildman–Crippen MR) is 74.3 cm³/mol. The third kappa shape index (κ3) is 4.39. The van der Waals surface area contributed by atoms with Crippen molar-refractivity contribution in [2.45, 2.75) is 27.7 Å². The lowest BCUT2D eigenvalue weighted by atomic mass is 10.0. The van der Waals surface area contributed by atoms with Crippen molar-refractivity contribution in [1.29, 1.82) is 0 Å². The summed E-state index contributed by atoms with van der Waals surface area (Å²) in [4.78, 5) is 24.7. The van der Waals surface area contributed by atoms with Crippen LogP contribution in [0.3, 0.4) is 0 Å². The van der Waals surface area contributed by atoms with Gasteiger partial charge in [0.15, 0.2) is 0 Å². The van der Waals surface area contributed by atoms with Crippen molar-refractivity contribution in [3.05, 3.63) is 34.9 Å². The molecule has 0 saturated carbocycles. The van der Waals surface area contributed by atoms with Gasteiger partial charge in [0.25, 0.3) is 5.91 Å². The van der Waals surface area contributed by atoms with Gasteiger partial charge in [-0.2, -0.15) is 0 Å². The second-order valence-corrected chi connectivity index (χ2v) is 5.29. The first-order chi connectivity index (χ1) is 8.81. The van der Waals surface area contributed by atoms with Crippen molar-refractivity contribution in [3.8, 4) is 0 Å². The standard InChI is InChI=1S/C15H21NO3/c1-10(2)8-16(9-14(17)18)15(19)13-7-11(3)5-6-12(13)4/h5-7,10H,8-9H2,1-4H3,(H,17,18). The molecule has 1 aromatic rings. The largest absolute Gasteiger partial charge is 0.480 e. The van der Waals surface area contributed by atoms with Gasteiger partial charge in [0.2, 0.25) is 0 Å². The molecule has 104 valence electrons. The van der Waals surface area contributed by atoms with E-state index in [2.05, 4.69) is 0 Å². The SMILES string of the molecule is Cc1ccc(C)c(C(=O)N(CC(=O)O)CC(C)C)c1. The van der Waals surface area contributed by atoms with Crippen molar-refractivity contribution < 1.29 is 14.7 Å². The summed E-state index contributed by atoms with van der Waals surface area (Å²) in [6.45, 7) is 7.89. The fourth-order valence-electron chi connectivity index (χ4n) is 1.96. The molecule has 1 aromatic carbocycles. The Hall–Kier alpha value is -1.84. The Morgan fingerprint density at radius 2 is 1.89 bits per heavy atom. The molecule has 0 unspecified atom stereocenters. The van der Waals surface area contributed by atoms with Gasteiger partial charge >= 0.3 is 5.97 Å². The first kappa shape index (κ1) is 15.2. The van der Waals surface area contributed by atoms with E-state index in [0.717, 1.165) is 11.1 Å². The number of amides is 1. The molecule has 0 aliphatic carbocycles. The van der Waals surface area contributed by atoms with Crippen LogP contribution in [0.15, 0.2) is 18.2 Å². The van der Waals surface area contributed by atoms with Crippen LogP contribution in [0.1, 0.15) is 35.3 Å². The number of benzene rings is 1. The number of carbonyl (C=O) groups excluding carboxylic acids is 1. The predicted octanol–water partition coefficient (Wildman–Crippen LogP) is 2.49. The van der Waals surface area contributed by atoms with Crippen molar-refractivity contribution in [2.24, 2.45) is 5.92 Å². The van der Waals surface area contributed by atoms with Crippen LogP contribution in [0, 0.1) is 19.8 Å². The minimum absolute atomic E-state index is 0.211. The Balaban J connectivity index is 3.03. The molecule has 0 aliphatic rings. The summed E-state index contributed by atoms with van der Waals surface area (Å²) in [5.74, 6) is -0.968. The van der Waals surface area contributed by atoms with Crippen LogP contribution in [-0.4, -0.2) is 35.0 Å². The molecular formula is C15H21NO3. The highest BCUT2D eigenvalue weighted by Gasteiger charge is 2.20. The molecule has 0 aliphatic heterocycles. The molecule has 0 fully saturated rings. The lowest BCUT2D eigenvalue weighted by molar-refractivity contribution is -0.137. The topological polar surface area (TPSA) is 57.6 Å². The molecule has 0 bridgehead atoms. The van der Waals surface area contributed by atoms with Gasteiger partial charge in [0.05, 0.1) is 0 Å². The van der Waals surface area contributed by atoms with Gasteiger partial charge in [-0.25, -0.2) is 0 Å². The normalized spacial score (nSPS) is 10.6. The van der Waals surface area contributed by atoms with Gasteiger partial charge in [-0.05, 0) is 31.4 Å². The first-order valence-corrected chi connectivity index (χ1v) is 6.39. The molecule has 4 heteroatoms. The Morgan fingerprint density at radius 1 is 1.26 bits per heavy atom. The second kappa shape index (κ2) is 6.36. The van der Waals surface area contributed by atoms with Crippen LogP contribution in [0.25, 0.3) is 0 Å². The van der Waals surface area contributed by atoms with Crippen molar-refractivity contribution in [2.75, 3.05) is 13.1 Å². The first-order valence-electron chi connectivity index (χ1n) is 6.39. The molecule has 4 nitrogen and oxygen atoms in total. The molecule has 0 radical (unpaired) electrons. The van der Waals surface area contributed by atoms with Crippen LogP contribution in [0.2, 0.25) is 0 Å². The number of aliphatic carboxylic acids is 1. The summed E-state index contributed by atoms with van der Waals surface area (Å²) in [7, 11) is 0. The number of carboxylic acid groups (broad SMARTS) is 1. The Morgan fingerprint density at radius 3 is 2.42 bits per heavy atom. The van der Waals surface area contributed by atoms with Crippen LogP contribution in [0.4, 0.5) is 0 Å².